The lowest BCUT2D eigenvalue weighted by atomic mass is 10.1. The second-order valence-electron chi connectivity index (χ2n) is 7.72. The van der Waals surface area contributed by atoms with Gasteiger partial charge >= 0.3 is 6.09 Å². The number of nitrogens with one attached hydrogen (secondary N) is 1. The van der Waals surface area contributed by atoms with E-state index >= 15 is 0 Å². The van der Waals surface area contributed by atoms with Crippen LogP contribution in [0.2, 0.25) is 0 Å². The minimum Gasteiger partial charge on any atom is -0.446 e. The fraction of sp³-hybridized carbons (Fsp3) is 0.130. The van der Waals surface area contributed by atoms with Crippen LogP contribution in [0, 0.1) is 24.0 Å². The molecule has 0 radical (unpaired) electrons. The number of halogens is 2. The summed E-state index contributed by atoms with van der Waals surface area (Å²) in [7, 11) is 0. The highest BCUT2D eigenvalue weighted by molar-refractivity contribution is 6.01. The van der Waals surface area contributed by atoms with Crippen molar-refractivity contribution in [3.63, 3.8) is 0 Å². The molecule has 1 aliphatic heterocycles. The number of aromatic nitrogens is 4. The maximum atomic E-state index is 14.7. The molecular weight excluding hydrogens is 458 g/mol. The molecule has 1 aliphatic rings. The van der Waals surface area contributed by atoms with E-state index in [1.54, 1.807) is 25.3 Å². The van der Waals surface area contributed by atoms with Crippen molar-refractivity contribution < 1.29 is 18.3 Å². The molecule has 1 atom stereocenters. The molecule has 0 spiro atoms. The molecule has 1 unspecified atom stereocenters. The van der Waals surface area contributed by atoms with Crippen molar-refractivity contribution in [2.75, 3.05) is 11.5 Å². The number of hydrogen-bond donors (Lipinski definition) is 2. The Balaban J connectivity index is 1.56. The largest absolute Gasteiger partial charge is 0.446 e. The van der Waals surface area contributed by atoms with E-state index < -0.39 is 23.8 Å². The molecule has 0 saturated carbocycles. The van der Waals surface area contributed by atoms with Crippen LogP contribution < -0.4 is 10.6 Å². The minimum absolute atomic E-state index is 0.0290. The standard InChI is InChI=1S/C23H18F2N8O2/c1-12-16(24)4-5-18(30-12)19-10-35-23(34)33(19)20-6-7-32-22(31-20)15(9-29-32)13-2-3-14(17(25)8-13)21(27)28-11-26/h2-9,11,19H,10H2,1H3,(H3,26,27,28). The van der Waals surface area contributed by atoms with Gasteiger partial charge in [0.05, 0.1) is 23.1 Å². The second kappa shape index (κ2) is 8.56. The number of amidine groups is 1. The maximum absolute atomic E-state index is 14.7. The zero-order valence-corrected chi connectivity index (χ0v) is 18.3. The fourth-order valence-electron chi connectivity index (χ4n) is 3.87. The number of fused-ring (bicyclic) bond motifs is 1. The Morgan fingerprint density at radius 2 is 2.06 bits per heavy atom. The first-order chi connectivity index (χ1) is 16.9. The van der Waals surface area contributed by atoms with Crippen molar-refractivity contribution in [2.45, 2.75) is 13.0 Å². The first kappa shape index (κ1) is 22.1. The Labute approximate surface area is 197 Å². The summed E-state index contributed by atoms with van der Waals surface area (Å²) in [6, 6.07) is 8.15. The Morgan fingerprint density at radius 3 is 2.80 bits per heavy atom. The highest BCUT2D eigenvalue weighted by atomic mass is 19.1. The van der Waals surface area contributed by atoms with Gasteiger partial charge in [0.25, 0.3) is 0 Å². The smallest absolute Gasteiger partial charge is 0.416 e. The highest BCUT2D eigenvalue weighted by Gasteiger charge is 2.37. The molecular formula is C23H18F2N8O2. The summed E-state index contributed by atoms with van der Waals surface area (Å²) in [6.07, 6.45) is 3.26. The third-order valence-electron chi connectivity index (χ3n) is 5.62. The summed E-state index contributed by atoms with van der Waals surface area (Å²) < 4.78 is 35.2. The van der Waals surface area contributed by atoms with Crippen molar-refractivity contribution in [1.82, 2.24) is 19.6 Å². The number of cyclic esters (lactones) is 1. The molecule has 35 heavy (non-hydrogen) atoms. The number of nitrogens with two attached hydrogens (primary N) is 1. The summed E-state index contributed by atoms with van der Waals surface area (Å²) in [5, 5.41) is 11.3. The SMILES string of the molecule is Cc1nc(C2COC(=O)N2c2ccn3ncc(-c4ccc(C(N)=NC=N)c(F)c4)c3n2)ccc1F. The molecule has 4 aromatic rings. The van der Waals surface area contributed by atoms with Crippen molar-refractivity contribution in [1.29, 1.82) is 5.41 Å². The lowest BCUT2D eigenvalue weighted by Gasteiger charge is -2.20. The van der Waals surface area contributed by atoms with Gasteiger partial charge < -0.3 is 10.5 Å². The number of aliphatic imine (C=N–C) groups is 1. The van der Waals surface area contributed by atoms with Gasteiger partial charge in [-0.05, 0) is 42.8 Å². The number of benzene rings is 1. The van der Waals surface area contributed by atoms with E-state index in [9.17, 15) is 13.6 Å². The topological polar surface area (TPSA) is 135 Å². The van der Waals surface area contributed by atoms with E-state index in [4.69, 9.17) is 15.9 Å². The van der Waals surface area contributed by atoms with Crippen molar-refractivity contribution in [2.24, 2.45) is 10.7 Å². The number of ether oxygens (including phenoxy) is 1. The lowest BCUT2D eigenvalue weighted by Crippen LogP contribution is -2.29. The maximum Gasteiger partial charge on any atom is 0.416 e. The van der Waals surface area contributed by atoms with Crippen LogP contribution in [-0.4, -0.2) is 44.5 Å². The average Bonchev–Trinajstić information content (AvgIpc) is 3.44. The van der Waals surface area contributed by atoms with E-state index in [1.807, 2.05) is 0 Å². The molecule has 12 heteroatoms. The zero-order valence-electron chi connectivity index (χ0n) is 18.3. The van der Waals surface area contributed by atoms with Crippen LogP contribution in [0.25, 0.3) is 16.8 Å². The molecule has 3 aromatic heterocycles. The number of hydrogen-bond acceptors (Lipinski definition) is 6. The molecule has 1 aromatic carbocycles. The molecule has 3 N–H and O–H groups in total. The normalized spacial score (nSPS) is 16.1. The predicted molar refractivity (Wildman–Crippen MR) is 123 cm³/mol. The average molecular weight is 476 g/mol. The van der Waals surface area contributed by atoms with Gasteiger partial charge in [-0.2, -0.15) is 5.10 Å². The number of amides is 1. The number of nitrogens with zero attached hydrogens (tertiary/aromatic N) is 6. The first-order valence-electron chi connectivity index (χ1n) is 10.4. The third-order valence-corrected chi connectivity index (χ3v) is 5.62. The quantitative estimate of drug-likeness (QED) is 0.335. The molecule has 10 nitrogen and oxygen atoms in total. The van der Waals surface area contributed by atoms with E-state index in [1.165, 1.54) is 39.9 Å². The predicted octanol–water partition coefficient (Wildman–Crippen LogP) is 3.39. The third kappa shape index (κ3) is 3.84. The number of rotatable bonds is 5. The van der Waals surface area contributed by atoms with Crippen LogP contribution in [0.3, 0.4) is 0 Å². The number of carbonyl (C=O) groups excluding carboxylic acids is 1. The van der Waals surface area contributed by atoms with Gasteiger partial charge in [0.2, 0.25) is 0 Å². The lowest BCUT2D eigenvalue weighted by molar-refractivity contribution is 0.178. The van der Waals surface area contributed by atoms with E-state index in [2.05, 4.69) is 20.1 Å². The summed E-state index contributed by atoms with van der Waals surface area (Å²) in [5.74, 6) is -0.914. The second-order valence-corrected chi connectivity index (χ2v) is 7.72. The summed E-state index contributed by atoms with van der Waals surface area (Å²) in [4.78, 5) is 26.4. The Bertz CT molecular complexity index is 1520. The summed E-state index contributed by atoms with van der Waals surface area (Å²) in [5.41, 5.74) is 7.80. The molecule has 176 valence electrons. The van der Waals surface area contributed by atoms with E-state index in [0.717, 1.165) is 6.34 Å². The molecule has 1 saturated heterocycles. The van der Waals surface area contributed by atoms with Gasteiger partial charge in [-0.3, -0.25) is 10.4 Å². The summed E-state index contributed by atoms with van der Waals surface area (Å²) >= 11 is 0. The molecule has 5 rings (SSSR count). The number of pyridine rings is 1. The van der Waals surface area contributed by atoms with Gasteiger partial charge in [0.1, 0.15) is 42.3 Å². The minimum atomic E-state index is -0.623. The van der Waals surface area contributed by atoms with E-state index in [-0.39, 0.29) is 29.5 Å². The van der Waals surface area contributed by atoms with E-state index in [0.29, 0.717) is 22.5 Å². The van der Waals surface area contributed by atoms with Crippen LogP contribution in [0.1, 0.15) is 23.0 Å². The number of aryl methyl sites for hydroxylation is 1. The van der Waals surface area contributed by atoms with Crippen molar-refractivity contribution in [3.8, 4) is 11.1 Å². The van der Waals surface area contributed by atoms with Gasteiger partial charge in [0, 0.05) is 11.8 Å². The first-order valence-corrected chi connectivity index (χ1v) is 10.4. The van der Waals surface area contributed by atoms with Crippen LogP contribution in [-0.2, 0) is 4.74 Å². The van der Waals surface area contributed by atoms with Gasteiger partial charge in [-0.25, -0.2) is 33.0 Å². The van der Waals surface area contributed by atoms with Crippen molar-refractivity contribution >= 4 is 29.7 Å². The Kier molecular flexibility index (Phi) is 5.40. The van der Waals surface area contributed by atoms with Gasteiger partial charge in [-0.1, -0.05) is 6.07 Å². The Morgan fingerprint density at radius 1 is 1.23 bits per heavy atom. The highest BCUT2D eigenvalue weighted by Crippen LogP contribution is 2.33. The summed E-state index contributed by atoms with van der Waals surface area (Å²) in [6.45, 7) is 1.57. The molecule has 0 aliphatic carbocycles. The zero-order chi connectivity index (χ0) is 24.7. The molecule has 1 fully saturated rings. The molecule has 4 heterocycles. The van der Waals surface area contributed by atoms with Gasteiger partial charge in [-0.15, -0.1) is 0 Å². The van der Waals surface area contributed by atoms with Crippen LogP contribution in [0.5, 0.6) is 0 Å². The fourth-order valence-corrected chi connectivity index (χ4v) is 3.87. The Hall–Kier alpha value is -4.74. The molecule has 1 amide bonds. The monoisotopic (exact) mass is 476 g/mol. The number of carbonyl (C=O) groups is 1. The van der Waals surface area contributed by atoms with Crippen LogP contribution in [0.4, 0.5) is 19.4 Å². The number of anilines is 1. The molecule has 0 bridgehead atoms. The van der Waals surface area contributed by atoms with Crippen molar-refractivity contribution in [3.05, 3.63) is 77.4 Å². The van der Waals surface area contributed by atoms with Crippen LogP contribution >= 0.6 is 0 Å². The van der Waals surface area contributed by atoms with Gasteiger partial charge in [0.15, 0.2) is 5.65 Å². The van der Waals surface area contributed by atoms with Crippen LogP contribution in [0.15, 0.2) is 53.8 Å².